The Balaban J connectivity index is 1.09. The molecule has 1 aromatic heterocycles. The number of halogens is 1. The third-order valence-corrected chi connectivity index (χ3v) is 8.29. The Morgan fingerprint density at radius 1 is 1.16 bits per heavy atom. The highest BCUT2D eigenvalue weighted by Gasteiger charge is 2.34. The molecule has 2 aromatic carbocycles. The highest BCUT2D eigenvalue weighted by Crippen LogP contribution is 2.29. The summed E-state index contributed by atoms with van der Waals surface area (Å²) in [5.74, 6) is 0.445. The topological polar surface area (TPSA) is 140 Å². The van der Waals surface area contributed by atoms with Crippen molar-refractivity contribution in [2.24, 2.45) is 0 Å². The third-order valence-electron chi connectivity index (χ3n) is 8.29. The number of nitrogens with one attached hydrogen (secondary N) is 1. The number of piperazine rings is 1. The molecule has 0 bridgehead atoms. The van der Waals surface area contributed by atoms with E-state index >= 15 is 0 Å². The van der Waals surface area contributed by atoms with Gasteiger partial charge in [-0.1, -0.05) is 0 Å². The van der Waals surface area contributed by atoms with Gasteiger partial charge in [-0.05, 0) is 49.4 Å². The van der Waals surface area contributed by atoms with Crippen LogP contribution in [0.2, 0.25) is 0 Å². The van der Waals surface area contributed by atoms with Crippen molar-refractivity contribution < 1.29 is 23.8 Å². The van der Waals surface area contributed by atoms with Gasteiger partial charge in [-0.15, -0.1) is 0 Å². The molecule has 12 nitrogen and oxygen atoms in total. The number of amides is 1. The van der Waals surface area contributed by atoms with E-state index in [1.807, 2.05) is 12.1 Å². The minimum atomic E-state index is -1.46. The first kappa shape index (κ1) is 29.7. The van der Waals surface area contributed by atoms with Gasteiger partial charge in [-0.3, -0.25) is 9.69 Å². The Kier molecular flexibility index (Phi) is 8.83. The summed E-state index contributed by atoms with van der Waals surface area (Å²) in [5, 5.41) is 22.5. The summed E-state index contributed by atoms with van der Waals surface area (Å²) in [7, 11) is 0. The van der Waals surface area contributed by atoms with Gasteiger partial charge in [0, 0.05) is 56.1 Å². The maximum absolute atomic E-state index is 14.9. The van der Waals surface area contributed by atoms with Crippen LogP contribution in [0.1, 0.15) is 18.9 Å². The van der Waals surface area contributed by atoms with Crippen molar-refractivity contribution in [3.8, 4) is 23.2 Å². The number of alkyl halides is 1. The summed E-state index contributed by atoms with van der Waals surface area (Å²) in [5.41, 5.74) is 2.77. The molecule has 4 atom stereocenters. The highest BCUT2D eigenvalue weighted by molar-refractivity contribution is 5.80. The Hall–Kier alpha value is -4.38. The van der Waals surface area contributed by atoms with Crippen molar-refractivity contribution in [1.82, 2.24) is 24.8 Å². The summed E-state index contributed by atoms with van der Waals surface area (Å²) in [6.07, 6.45) is -1.83. The standard InChI is InChI=1S/C31H35FN8O4/c1-20(41)30(42)40-9-8-28(26(32)17-40)44-27-7-2-21(14-22(27)15-33)29-34-19-35-31(37-29)36-23-3-5-24(6-4-23)39-11-10-38-12-13-43-18-25(38)16-39/h2-7,14,19-20,25-26,28,41H,8-13,16-18H2,1H3,(H,34,35,36,37)/t20?,25?,26-,28+/m1/s1. The highest BCUT2D eigenvalue weighted by atomic mass is 19.1. The van der Waals surface area contributed by atoms with Crippen LogP contribution in [-0.4, -0.2) is 113 Å². The predicted octanol–water partition coefficient (Wildman–Crippen LogP) is 2.37. The first-order valence-corrected chi connectivity index (χ1v) is 14.8. The Labute approximate surface area is 255 Å². The van der Waals surface area contributed by atoms with Crippen molar-refractivity contribution in [2.45, 2.75) is 37.8 Å². The summed E-state index contributed by atoms with van der Waals surface area (Å²) < 4.78 is 26.4. The number of rotatable bonds is 7. The zero-order chi connectivity index (χ0) is 30.6. The number of nitrogens with zero attached hydrogens (tertiary/aromatic N) is 7. The lowest BCUT2D eigenvalue weighted by molar-refractivity contribution is -0.143. The second-order valence-electron chi connectivity index (χ2n) is 11.3. The number of benzene rings is 2. The maximum atomic E-state index is 14.9. The number of likely N-dealkylation sites (tertiary alicyclic amines) is 1. The van der Waals surface area contributed by atoms with Crippen LogP contribution in [0.3, 0.4) is 0 Å². The molecule has 0 saturated carbocycles. The van der Waals surface area contributed by atoms with Crippen LogP contribution >= 0.6 is 0 Å². The molecule has 6 rings (SSSR count). The minimum absolute atomic E-state index is 0.176. The van der Waals surface area contributed by atoms with Crippen LogP contribution in [-0.2, 0) is 9.53 Å². The van der Waals surface area contributed by atoms with Gasteiger partial charge in [0.1, 0.15) is 30.4 Å². The van der Waals surface area contributed by atoms with Gasteiger partial charge < -0.3 is 29.7 Å². The number of carbonyl (C=O) groups excluding carboxylic acids is 1. The maximum Gasteiger partial charge on any atom is 0.251 e. The minimum Gasteiger partial charge on any atom is -0.486 e. The Morgan fingerprint density at radius 2 is 2.00 bits per heavy atom. The molecule has 3 aliphatic rings. The van der Waals surface area contributed by atoms with Gasteiger partial charge in [-0.25, -0.2) is 14.4 Å². The van der Waals surface area contributed by atoms with Gasteiger partial charge in [0.15, 0.2) is 12.0 Å². The number of anilines is 3. The number of hydrogen-bond donors (Lipinski definition) is 2. The zero-order valence-corrected chi connectivity index (χ0v) is 24.5. The zero-order valence-electron chi connectivity index (χ0n) is 24.5. The number of carbonyl (C=O) groups is 1. The molecule has 3 saturated heterocycles. The van der Waals surface area contributed by atoms with E-state index in [0.717, 1.165) is 50.8 Å². The first-order chi connectivity index (χ1) is 21.4. The SMILES string of the molecule is CC(O)C(=O)N1CC[C@H](Oc2ccc(-c3ncnc(Nc4ccc(N5CCN6CCOCC6C5)cc4)n3)cc2C#N)[C@H](F)C1. The second-order valence-corrected chi connectivity index (χ2v) is 11.3. The summed E-state index contributed by atoms with van der Waals surface area (Å²) >= 11 is 0. The molecule has 4 heterocycles. The van der Waals surface area contributed by atoms with Crippen molar-refractivity contribution in [1.29, 1.82) is 5.26 Å². The lowest BCUT2D eigenvalue weighted by Gasteiger charge is -2.44. The van der Waals surface area contributed by atoms with E-state index in [2.05, 4.69) is 48.3 Å². The fraction of sp³-hybridized carbons (Fsp3) is 0.452. The number of ether oxygens (including phenoxy) is 2. The molecule has 2 unspecified atom stereocenters. The normalized spacial score (nSPS) is 22.9. The van der Waals surface area contributed by atoms with Gasteiger partial charge in [0.25, 0.3) is 5.91 Å². The van der Waals surface area contributed by atoms with E-state index in [9.17, 15) is 19.6 Å². The first-order valence-electron chi connectivity index (χ1n) is 14.8. The van der Waals surface area contributed by atoms with Crippen LogP contribution in [0.4, 0.5) is 21.7 Å². The van der Waals surface area contributed by atoms with E-state index < -0.39 is 24.3 Å². The van der Waals surface area contributed by atoms with Crippen LogP contribution < -0.4 is 15.0 Å². The Morgan fingerprint density at radius 3 is 2.77 bits per heavy atom. The van der Waals surface area contributed by atoms with E-state index in [0.29, 0.717) is 23.4 Å². The summed E-state index contributed by atoms with van der Waals surface area (Å²) in [6, 6.07) is 15.6. The molecule has 13 heteroatoms. The number of fused-ring (bicyclic) bond motifs is 1. The summed E-state index contributed by atoms with van der Waals surface area (Å²) in [4.78, 5) is 31.3. The predicted molar refractivity (Wildman–Crippen MR) is 160 cm³/mol. The van der Waals surface area contributed by atoms with E-state index in [1.54, 1.807) is 18.2 Å². The molecule has 3 fully saturated rings. The fourth-order valence-corrected chi connectivity index (χ4v) is 5.86. The smallest absolute Gasteiger partial charge is 0.251 e. The van der Waals surface area contributed by atoms with Crippen molar-refractivity contribution >= 4 is 23.2 Å². The molecule has 0 radical (unpaired) electrons. The molecule has 2 N–H and O–H groups in total. The third kappa shape index (κ3) is 6.57. The fourth-order valence-electron chi connectivity index (χ4n) is 5.86. The number of hydrogen-bond acceptors (Lipinski definition) is 11. The number of aliphatic hydroxyl groups excluding tert-OH is 1. The molecule has 3 aliphatic heterocycles. The van der Waals surface area contributed by atoms with Crippen molar-refractivity contribution in [3.63, 3.8) is 0 Å². The van der Waals surface area contributed by atoms with Crippen LogP contribution in [0.5, 0.6) is 5.75 Å². The molecular formula is C31H35FN8O4. The van der Waals surface area contributed by atoms with Crippen LogP contribution in [0, 0.1) is 11.3 Å². The van der Waals surface area contributed by atoms with Crippen LogP contribution in [0.15, 0.2) is 48.8 Å². The monoisotopic (exact) mass is 602 g/mol. The van der Waals surface area contributed by atoms with Crippen molar-refractivity contribution in [3.05, 3.63) is 54.4 Å². The van der Waals surface area contributed by atoms with E-state index in [4.69, 9.17) is 9.47 Å². The molecule has 3 aromatic rings. The van der Waals surface area contributed by atoms with Gasteiger partial charge in [-0.2, -0.15) is 10.2 Å². The average Bonchev–Trinajstić information content (AvgIpc) is 3.05. The number of nitriles is 1. The van der Waals surface area contributed by atoms with Gasteiger partial charge in [0.05, 0.1) is 31.4 Å². The summed E-state index contributed by atoms with van der Waals surface area (Å²) in [6.45, 7) is 6.98. The van der Waals surface area contributed by atoms with E-state index in [-0.39, 0.29) is 30.8 Å². The largest absolute Gasteiger partial charge is 0.486 e. The quantitative estimate of drug-likeness (QED) is 0.412. The van der Waals surface area contributed by atoms with Gasteiger partial charge >= 0.3 is 0 Å². The molecule has 0 spiro atoms. The second kappa shape index (κ2) is 13.1. The van der Waals surface area contributed by atoms with Gasteiger partial charge in [0.2, 0.25) is 5.95 Å². The number of piperidine rings is 1. The number of aliphatic hydroxyl groups is 1. The molecule has 1 amide bonds. The average molecular weight is 603 g/mol. The lowest BCUT2D eigenvalue weighted by Crippen LogP contribution is -2.58. The lowest BCUT2D eigenvalue weighted by atomic mass is 10.0. The van der Waals surface area contributed by atoms with Crippen molar-refractivity contribution in [2.75, 3.05) is 62.7 Å². The Bertz CT molecular complexity index is 1520. The number of aromatic nitrogens is 3. The number of morpholine rings is 1. The molecular weight excluding hydrogens is 567 g/mol. The van der Waals surface area contributed by atoms with E-state index in [1.165, 1.54) is 18.2 Å². The molecule has 0 aliphatic carbocycles. The molecule has 44 heavy (non-hydrogen) atoms. The molecule has 230 valence electrons. The van der Waals surface area contributed by atoms with Crippen LogP contribution in [0.25, 0.3) is 11.4 Å².